The van der Waals surface area contributed by atoms with Crippen molar-refractivity contribution in [1.29, 1.82) is 0 Å². The van der Waals surface area contributed by atoms with Gasteiger partial charge in [-0.2, -0.15) is 0 Å². The molecule has 0 saturated heterocycles. The van der Waals surface area contributed by atoms with Crippen LogP contribution in [0.25, 0.3) is 0 Å². The highest BCUT2D eigenvalue weighted by atomic mass is 19.1. The Morgan fingerprint density at radius 1 is 1.00 bits per heavy atom. The number of hydrogen-bond acceptors (Lipinski definition) is 4. The SMILES string of the molecule is COc1cc(F)ccc1NCC(=O)NCC(=O)Nc1c(C)cc(C)cc1C. The molecule has 0 saturated carbocycles. The van der Waals surface area contributed by atoms with E-state index in [1.807, 2.05) is 32.9 Å². The summed E-state index contributed by atoms with van der Waals surface area (Å²) in [5, 5.41) is 8.22. The molecule has 0 aromatic heterocycles. The van der Waals surface area contributed by atoms with Crippen LogP contribution in [0.4, 0.5) is 15.8 Å². The summed E-state index contributed by atoms with van der Waals surface area (Å²) in [6.07, 6.45) is 0. The normalized spacial score (nSPS) is 10.3. The first-order valence-corrected chi connectivity index (χ1v) is 8.52. The summed E-state index contributed by atoms with van der Waals surface area (Å²) >= 11 is 0. The van der Waals surface area contributed by atoms with Gasteiger partial charge in [0.05, 0.1) is 25.9 Å². The fourth-order valence-electron chi connectivity index (χ4n) is 2.79. The Labute approximate surface area is 158 Å². The Bertz CT molecular complexity index is 829. The second-order valence-corrected chi connectivity index (χ2v) is 6.30. The quantitative estimate of drug-likeness (QED) is 0.697. The van der Waals surface area contributed by atoms with E-state index in [0.717, 1.165) is 22.4 Å². The first kappa shape index (κ1) is 20.2. The van der Waals surface area contributed by atoms with Gasteiger partial charge in [-0.15, -0.1) is 0 Å². The topological polar surface area (TPSA) is 79.5 Å². The molecule has 2 amide bonds. The fourth-order valence-corrected chi connectivity index (χ4v) is 2.79. The third kappa shape index (κ3) is 5.70. The number of nitrogens with one attached hydrogen (secondary N) is 3. The number of carbonyl (C=O) groups excluding carboxylic acids is 2. The molecule has 0 heterocycles. The summed E-state index contributed by atoms with van der Waals surface area (Å²) in [6.45, 7) is 5.63. The van der Waals surface area contributed by atoms with Crippen molar-refractivity contribution in [3.63, 3.8) is 0 Å². The molecule has 144 valence electrons. The molecule has 2 aromatic rings. The van der Waals surface area contributed by atoms with E-state index < -0.39 is 5.82 Å². The molecule has 0 fully saturated rings. The smallest absolute Gasteiger partial charge is 0.243 e. The summed E-state index contributed by atoms with van der Waals surface area (Å²) in [5.74, 6) is -0.808. The van der Waals surface area contributed by atoms with Crippen LogP contribution in [0.5, 0.6) is 5.75 Å². The Hall–Kier alpha value is -3.09. The van der Waals surface area contributed by atoms with Crippen LogP contribution in [-0.2, 0) is 9.59 Å². The first-order chi connectivity index (χ1) is 12.8. The third-order valence-electron chi connectivity index (χ3n) is 3.99. The van der Waals surface area contributed by atoms with Crippen molar-refractivity contribution in [3.8, 4) is 5.75 Å². The number of halogens is 1. The standard InChI is InChI=1S/C20H24FN3O3/c1-12-7-13(2)20(14(3)8-12)24-19(26)11-23-18(25)10-22-16-6-5-15(21)9-17(16)27-4/h5-9,22H,10-11H2,1-4H3,(H,23,25)(H,24,26). The zero-order valence-corrected chi connectivity index (χ0v) is 15.9. The van der Waals surface area contributed by atoms with Gasteiger partial charge in [0, 0.05) is 11.8 Å². The minimum absolute atomic E-state index is 0.0716. The highest BCUT2D eigenvalue weighted by Crippen LogP contribution is 2.24. The first-order valence-electron chi connectivity index (χ1n) is 8.52. The number of carbonyl (C=O) groups is 2. The second-order valence-electron chi connectivity index (χ2n) is 6.30. The molecular formula is C20H24FN3O3. The minimum Gasteiger partial charge on any atom is -0.494 e. The number of methoxy groups -OCH3 is 1. The molecule has 7 heteroatoms. The molecule has 0 unspecified atom stereocenters. The third-order valence-corrected chi connectivity index (χ3v) is 3.99. The average Bonchev–Trinajstić information content (AvgIpc) is 2.61. The second kappa shape index (κ2) is 9.02. The zero-order valence-electron chi connectivity index (χ0n) is 15.9. The van der Waals surface area contributed by atoms with Crippen molar-refractivity contribution in [2.24, 2.45) is 0 Å². The van der Waals surface area contributed by atoms with Crippen LogP contribution in [0.15, 0.2) is 30.3 Å². The lowest BCUT2D eigenvalue weighted by Crippen LogP contribution is -2.36. The van der Waals surface area contributed by atoms with Gasteiger partial charge in [-0.3, -0.25) is 9.59 Å². The number of ether oxygens (including phenoxy) is 1. The molecule has 0 aliphatic carbocycles. The molecule has 0 aliphatic heterocycles. The molecule has 0 atom stereocenters. The number of anilines is 2. The summed E-state index contributed by atoms with van der Waals surface area (Å²) < 4.78 is 18.2. The van der Waals surface area contributed by atoms with Gasteiger partial charge in [-0.05, 0) is 44.0 Å². The van der Waals surface area contributed by atoms with Crippen molar-refractivity contribution in [2.75, 3.05) is 30.8 Å². The molecule has 0 aliphatic rings. The van der Waals surface area contributed by atoms with Crippen molar-refractivity contribution < 1.29 is 18.7 Å². The van der Waals surface area contributed by atoms with Gasteiger partial charge in [-0.1, -0.05) is 17.7 Å². The number of amides is 2. The Kier molecular flexibility index (Phi) is 6.76. The van der Waals surface area contributed by atoms with Gasteiger partial charge >= 0.3 is 0 Å². The van der Waals surface area contributed by atoms with E-state index in [9.17, 15) is 14.0 Å². The summed E-state index contributed by atoms with van der Waals surface area (Å²) in [7, 11) is 1.42. The van der Waals surface area contributed by atoms with Gasteiger partial charge in [0.15, 0.2) is 0 Å². The average molecular weight is 373 g/mol. The maximum atomic E-state index is 13.2. The lowest BCUT2D eigenvalue weighted by molar-refractivity contribution is -0.122. The van der Waals surface area contributed by atoms with E-state index in [2.05, 4.69) is 16.0 Å². The number of aryl methyl sites for hydroxylation is 3. The molecule has 0 radical (unpaired) electrons. The van der Waals surface area contributed by atoms with Crippen molar-refractivity contribution in [1.82, 2.24) is 5.32 Å². The predicted octanol–water partition coefficient (Wildman–Crippen LogP) is 2.93. The Morgan fingerprint density at radius 2 is 1.67 bits per heavy atom. The highest BCUT2D eigenvalue weighted by molar-refractivity contribution is 5.96. The van der Waals surface area contributed by atoms with Gasteiger partial charge in [0.2, 0.25) is 11.8 Å². The minimum atomic E-state index is -0.430. The monoisotopic (exact) mass is 373 g/mol. The van der Waals surface area contributed by atoms with E-state index in [-0.39, 0.29) is 24.9 Å². The van der Waals surface area contributed by atoms with Crippen LogP contribution < -0.4 is 20.7 Å². The molecule has 0 bridgehead atoms. The molecule has 2 aromatic carbocycles. The van der Waals surface area contributed by atoms with E-state index in [1.54, 1.807) is 0 Å². The molecular weight excluding hydrogens is 349 g/mol. The van der Waals surface area contributed by atoms with E-state index in [4.69, 9.17) is 4.74 Å². The summed E-state index contributed by atoms with van der Waals surface area (Å²) in [4.78, 5) is 24.1. The number of hydrogen-bond donors (Lipinski definition) is 3. The van der Waals surface area contributed by atoms with Crippen molar-refractivity contribution in [3.05, 3.63) is 52.8 Å². The van der Waals surface area contributed by atoms with E-state index in [0.29, 0.717) is 11.4 Å². The van der Waals surface area contributed by atoms with Crippen LogP contribution in [0.2, 0.25) is 0 Å². The van der Waals surface area contributed by atoms with Gasteiger partial charge in [-0.25, -0.2) is 4.39 Å². The lowest BCUT2D eigenvalue weighted by atomic mass is 10.1. The van der Waals surface area contributed by atoms with Crippen LogP contribution in [-0.4, -0.2) is 32.0 Å². The summed E-state index contributed by atoms with van der Waals surface area (Å²) in [6, 6.07) is 7.95. The number of benzene rings is 2. The lowest BCUT2D eigenvalue weighted by Gasteiger charge is -2.14. The molecule has 27 heavy (non-hydrogen) atoms. The maximum Gasteiger partial charge on any atom is 0.243 e. The van der Waals surface area contributed by atoms with Crippen LogP contribution in [0.1, 0.15) is 16.7 Å². The Balaban J connectivity index is 1.84. The highest BCUT2D eigenvalue weighted by Gasteiger charge is 2.11. The van der Waals surface area contributed by atoms with Crippen LogP contribution in [0, 0.1) is 26.6 Å². The Morgan fingerprint density at radius 3 is 2.30 bits per heavy atom. The zero-order chi connectivity index (χ0) is 20.0. The van der Waals surface area contributed by atoms with Gasteiger partial charge in [0.25, 0.3) is 0 Å². The van der Waals surface area contributed by atoms with Gasteiger partial charge < -0.3 is 20.7 Å². The molecule has 2 rings (SSSR count). The maximum absolute atomic E-state index is 13.2. The van der Waals surface area contributed by atoms with Crippen molar-refractivity contribution >= 4 is 23.2 Å². The molecule has 3 N–H and O–H groups in total. The largest absolute Gasteiger partial charge is 0.494 e. The van der Waals surface area contributed by atoms with Gasteiger partial charge in [0.1, 0.15) is 11.6 Å². The van der Waals surface area contributed by atoms with E-state index >= 15 is 0 Å². The van der Waals surface area contributed by atoms with E-state index in [1.165, 1.54) is 25.3 Å². The molecule has 0 spiro atoms. The predicted molar refractivity (Wildman–Crippen MR) is 104 cm³/mol. The van der Waals surface area contributed by atoms with Crippen molar-refractivity contribution in [2.45, 2.75) is 20.8 Å². The van der Waals surface area contributed by atoms with Crippen LogP contribution in [0.3, 0.4) is 0 Å². The number of rotatable bonds is 7. The van der Waals surface area contributed by atoms with Crippen LogP contribution >= 0.6 is 0 Å². The molecule has 6 nitrogen and oxygen atoms in total. The fraction of sp³-hybridized carbons (Fsp3) is 0.300. The summed E-state index contributed by atoms with van der Waals surface area (Å²) in [5.41, 5.74) is 4.31.